The summed E-state index contributed by atoms with van der Waals surface area (Å²) in [5, 5.41) is 6.87. The second-order valence-electron chi connectivity index (χ2n) is 6.61. The first-order valence-corrected chi connectivity index (χ1v) is 9.15. The lowest BCUT2D eigenvalue weighted by Gasteiger charge is -2.08. The molecule has 7 nitrogen and oxygen atoms in total. The molecule has 0 radical (unpaired) electrons. The smallest absolute Gasteiger partial charge is 0.251 e. The Morgan fingerprint density at radius 2 is 1.86 bits per heavy atom. The van der Waals surface area contributed by atoms with Gasteiger partial charge in [0.2, 0.25) is 5.82 Å². The number of hydrogen-bond donors (Lipinski definition) is 1. The van der Waals surface area contributed by atoms with Crippen molar-refractivity contribution in [3.63, 3.8) is 0 Å². The maximum absolute atomic E-state index is 12.2. The Hall–Kier alpha value is -3.61. The lowest BCUT2D eigenvalue weighted by atomic mass is 10.1. The largest absolute Gasteiger partial charge is 0.493 e. The molecule has 0 unspecified atom stereocenters. The number of hydrogen-bond acceptors (Lipinski definition) is 6. The molecule has 0 spiro atoms. The predicted molar refractivity (Wildman–Crippen MR) is 111 cm³/mol. The SMILES string of the molecule is COc1ccc(/C=C/c2nc(-c3cccc(C(=O)NC(C)C)c3)no2)cc1OC. The second-order valence-corrected chi connectivity index (χ2v) is 6.61. The Balaban J connectivity index is 1.78. The van der Waals surface area contributed by atoms with Gasteiger partial charge >= 0.3 is 0 Å². The number of ether oxygens (including phenoxy) is 2. The minimum Gasteiger partial charge on any atom is -0.493 e. The zero-order chi connectivity index (χ0) is 20.8. The van der Waals surface area contributed by atoms with Crippen LogP contribution in [0.4, 0.5) is 0 Å². The Kier molecular flexibility index (Phi) is 6.29. The average Bonchev–Trinajstić information content (AvgIpc) is 3.20. The van der Waals surface area contributed by atoms with Crippen LogP contribution in [0.2, 0.25) is 0 Å². The number of carbonyl (C=O) groups is 1. The summed E-state index contributed by atoms with van der Waals surface area (Å²) in [7, 11) is 3.18. The fourth-order valence-corrected chi connectivity index (χ4v) is 2.69. The van der Waals surface area contributed by atoms with Gasteiger partial charge in [-0.05, 0) is 49.8 Å². The zero-order valence-electron chi connectivity index (χ0n) is 16.8. The van der Waals surface area contributed by atoms with Crippen LogP contribution in [0.5, 0.6) is 11.5 Å². The minimum atomic E-state index is -0.140. The number of nitrogens with one attached hydrogen (secondary N) is 1. The van der Waals surface area contributed by atoms with Gasteiger partial charge < -0.3 is 19.3 Å². The third-order valence-electron chi connectivity index (χ3n) is 4.07. The molecule has 1 aromatic heterocycles. The molecule has 0 saturated carbocycles. The van der Waals surface area contributed by atoms with Gasteiger partial charge in [0, 0.05) is 23.2 Å². The molecule has 0 saturated heterocycles. The van der Waals surface area contributed by atoms with Gasteiger partial charge in [0.1, 0.15) is 0 Å². The van der Waals surface area contributed by atoms with Crippen molar-refractivity contribution in [3.8, 4) is 22.9 Å². The highest BCUT2D eigenvalue weighted by Gasteiger charge is 2.11. The highest BCUT2D eigenvalue weighted by molar-refractivity contribution is 5.95. The van der Waals surface area contributed by atoms with Gasteiger partial charge in [0.25, 0.3) is 11.8 Å². The van der Waals surface area contributed by atoms with Crippen molar-refractivity contribution < 1.29 is 18.8 Å². The van der Waals surface area contributed by atoms with E-state index >= 15 is 0 Å². The predicted octanol–water partition coefficient (Wildman–Crippen LogP) is 4.06. The van der Waals surface area contributed by atoms with Gasteiger partial charge in [-0.15, -0.1) is 0 Å². The van der Waals surface area contributed by atoms with Crippen molar-refractivity contribution >= 4 is 18.1 Å². The van der Waals surface area contributed by atoms with Crippen molar-refractivity contribution in [1.82, 2.24) is 15.5 Å². The van der Waals surface area contributed by atoms with E-state index in [2.05, 4.69) is 15.5 Å². The van der Waals surface area contributed by atoms with Crippen molar-refractivity contribution in [3.05, 3.63) is 59.5 Å². The fourth-order valence-electron chi connectivity index (χ4n) is 2.69. The zero-order valence-corrected chi connectivity index (χ0v) is 16.8. The molecule has 3 rings (SSSR count). The van der Waals surface area contributed by atoms with Crippen molar-refractivity contribution in [1.29, 1.82) is 0 Å². The van der Waals surface area contributed by atoms with E-state index in [4.69, 9.17) is 14.0 Å². The molecule has 0 aliphatic rings. The lowest BCUT2D eigenvalue weighted by Crippen LogP contribution is -2.30. The van der Waals surface area contributed by atoms with Crippen LogP contribution in [-0.4, -0.2) is 36.3 Å². The molecule has 150 valence electrons. The van der Waals surface area contributed by atoms with E-state index in [1.54, 1.807) is 38.5 Å². The summed E-state index contributed by atoms with van der Waals surface area (Å²) in [5.74, 6) is 1.92. The van der Waals surface area contributed by atoms with Crippen LogP contribution in [0.3, 0.4) is 0 Å². The third kappa shape index (κ3) is 5.01. The van der Waals surface area contributed by atoms with Crippen molar-refractivity contribution in [2.75, 3.05) is 14.2 Å². The number of benzene rings is 2. The first-order chi connectivity index (χ1) is 14.0. The van der Waals surface area contributed by atoms with Crippen LogP contribution < -0.4 is 14.8 Å². The minimum absolute atomic E-state index is 0.0599. The number of rotatable bonds is 7. The number of carbonyl (C=O) groups excluding carboxylic acids is 1. The lowest BCUT2D eigenvalue weighted by molar-refractivity contribution is 0.0943. The summed E-state index contributed by atoms with van der Waals surface area (Å²) in [4.78, 5) is 16.6. The molecule has 1 amide bonds. The molecule has 1 heterocycles. The molecule has 0 atom stereocenters. The van der Waals surface area contributed by atoms with Gasteiger partial charge in [0.05, 0.1) is 14.2 Å². The van der Waals surface area contributed by atoms with Gasteiger partial charge in [0.15, 0.2) is 11.5 Å². The normalized spacial score (nSPS) is 11.1. The Morgan fingerprint density at radius 3 is 2.59 bits per heavy atom. The number of amides is 1. The number of nitrogens with zero attached hydrogens (tertiary/aromatic N) is 2. The fraction of sp³-hybridized carbons (Fsp3) is 0.227. The molecule has 0 bridgehead atoms. The molecule has 0 aliphatic carbocycles. The van der Waals surface area contributed by atoms with E-state index in [1.165, 1.54) is 0 Å². The molecule has 0 fully saturated rings. The highest BCUT2D eigenvalue weighted by Crippen LogP contribution is 2.28. The van der Waals surface area contributed by atoms with Crippen LogP contribution in [0.25, 0.3) is 23.5 Å². The number of methoxy groups -OCH3 is 2. The first kappa shape index (κ1) is 20.1. The Bertz CT molecular complexity index is 1020. The first-order valence-electron chi connectivity index (χ1n) is 9.15. The second kappa shape index (κ2) is 9.05. The molecule has 0 aliphatic heterocycles. The summed E-state index contributed by atoms with van der Waals surface area (Å²) >= 11 is 0. The standard InChI is InChI=1S/C22H23N3O4/c1-14(2)23-22(26)17-7-5-6-16(13-17)21-24-20(29-25-21)11-9-15-8-10-18(27-3)19(12-15)28-4/h5-14H,1-4H3,(H,23,26)/b11-9+. The summed E-state index contributed by atoms with van der Waals surface area (Å²) < 4.78 is 15.8. The van der Waals surface area contributed by atoms with Gasteiger partial charge in [-0.2, -0.15) is 4.98 Å². The highest BCUT2D eigenvalue weighted by atomic mass is 16.5. The van der Waals surface area contributed by atoms with E-state index < -0.39 is 0 Å². The van der Waals surface area contributed by atoms with Gasteiger partial charge in [-0.3, -0.25) is 4.79 Å². The third-order valence-corrected chi connectivity index (χ3v) is 4.07. The maximum Gasteiger partial charge on any atom is 0.251 e. The Labute approximate surface area is 169 Å². The molecular weight excluding hydrogens is 370 g/mol. The van der Waals surface area contributed by atoms with E-state index in [-0.39, 0.29) is 11.9 Å². The summed E-state index contributed by atoms with van der Waals surface area (Å²) in [6.07, 6.45) is 3.55. The van der Waals surface area contributed by atoms with Crippen molar-refractivity contribution in [2.45, 2.75) is 19.9 Å². The van der Waals surface area contributed by atoms with Crippen LogP contribution >= 0.6 is 0 Å². The van der Waals surface area contributed by atoms with Crippen LogP contribution in [-0.2, 0) is 0 Å². The molecule has 29 heavy (non-hydrogen) atoms. The van der Waals surface area contributed by atoms with Crippen LogP contribution in [0.15, 0.2) is 47.0 Å². The molecule has 3 aromatic rings. The monoisotopic (exact) mass is 393 g/mol. The molecule has 7 heteroatoms. The van der Waals surface area contributed by atoms with Crippen LogP contribution in [0.1, 0.15) is 35.7 Å². The molecule has 1 N–H and O–H groups in total. The van der Waals surface area contributed by atoms with Crippen molar-refractivity contribution in [2.24, 2.45) is 0 Å². The van der Waals surface area contributed by atoms with E-state index in [0.29, 0.717) is 34.3 Å². The van der Waals surface area contributed by atoms with Gasteiger partial charge in [-0.1, -0.05) is 23.4 Å². The van der Waals surface area contributed by atoms with E-state index in [9.17, 15) is 4.79 Å². The molecular formula is C22H23N3O4. The number of aromatic nitrogens is 2. The average molecular weight is 393 g/mol. The van der Waals surface area contributed by atoms with E-state index in [1.807, 2.05) is 44.2 Å². The summed E-state index contributed by atoms with van der Waals surface area (Å²) in [6.45, 7) is 3.83. The quantitative estimate of drug-likeness (QED) is 0.651. The topological polar surface area (TPSA) is 86.5 Å². The maximum atomic E-state index is 12.2. The van der Waals surface area contributed by atoms with Crippen LogP contribution in [0, 0.1) is 0 Å². The van der Waals surface area contributed by atoms with Gasteiger partial charge in [-0.25, -0.2) is 0 Å². The molecule has 2 aromatic carbocycles. The summed E-state index contributed by atoms with van der Waals surface area (Å²) in [5.41, 5.74) is 2.15. The Morgan fingerprint density at radius 1 is 1.07 bits per heavy atom. The van der Waals surface area contributed by atoms with E-state index in [0.717, 1.165) is 5.56 Å². The summed E-state index contributed by atoms with van der Waals surface area (Å²) in [6, 6.07) is 12.7.